The fraction of sp³-hybridized carbons (Fsp3) is 0.500. The van der Waals surface area contributed by atoms with Gasteiger partial charge in [0.15, 0.2) is 9.84 Å². The second kappa shape index (κ2) is 5.96. The number of aliphatic carboxylic acids is 1. The summed E-state index contributed by atoms with van der Waals surface area (Å²) in [5.74, 6) is -2.56. The summed E-state index contributed by atoms with van der Waals surface area (Å²) < 4.78 is 23.4. The molecular formula is C16H19NO5S. The van der Waals surface area contributed by atoms with Gasteiger partial charge in [-0.15, -0.1) is 0 Å². The molecule has 1 aromatic carbocycles. The molecule has 1 aromatic rings. The van der Waals surface area contributed by atoms with E-state index in [1.165, 1.54) is 4.90 Å². The van der Waals surface area contributed by atoms with Gasteiger partial charge in [0.1, 0.15) is 6.04 Å². The number of hydrogen-bond donors (Lipinski definition) is 1. The predicted octanol–water partition coefficient (Wildman–Crippen LogP) is 0.817. The van der Waals surface area contributed by atoms with Gasteiger partial charge >= 0.3 is 5.97 Å². The van der Waals surface area contributed by atoms with Gasteiger partial charge in [0.25, 0.3) is 0 Å². The van der Waals surface area contributed by atoms with E-state index >= 15 is 0 Å². The van der Waals surface area contributed by atoms with E-state index in [1.54, 1.807) is 0 Å². The molecule has 1 amide bonds. The zero-order valence-corrected chi connectivity index (χ0v) is 13.5. The highest BCUT2D eigenvalue weighted by molar-refractivity contribution is 7.91. The van der Waals surface area contributed by atoms with Crippen molar-refractivity contribution in [2.24, 2.45) is 0 Å². The van der Waals surface area contributed by atoms with Crippen LogP contribution < -0.4 is 0 Å². The van der Waals surface area contributed by atoms with Crippen molar-refractivity contribution in [3.05, 3.63) is 35.4 Å². The highest BCUT2D eigenvalue weighted by atomic mass is 32.2. The lowest BCUT2D eigenvalue weighted by Gasteiger charge is -2.36. The SMILES string of the molecule is O=C(O)C1CS(=O)(=O)CCN1C(=O)C1CCCc2ccccc21. The predicted molar refractivity (Wildman–Crippen MR) is 83.9 cm³/mol. The summed E-state index contributed by atoms with van der Waals surface area (Å²) in [6.07, 6.45) is 2.46. The molecule has 1 saturated heterocycles. The van der Waals surface area contributed by atoms with Crippen LogP contribution in [0.15, 0.2) is 24.3 Å². The van der Waals surface area contributed by atoms with Crippen LogP contribution in [-0.4, -0.2) is 54.4 Å². The molecule has 0 aromatic heterocycles. The molecule has 0 bridgehead atoms. The van der Waals surface area contributed by atoms with Crippen LogP contribution in [0.2, 0.25) is 0 Å². The van der Waals surface area contributed by atoms with Crippen molar-refractivity contribution in [1.29, 1.82) is 0 Å². The van der Waals surface area contributed by atoms with Crippen LogP contribution in [0.4, 0.5) is 0 Å². The van der Waals surface area contributed by atoms with E-state index in [-0.39, 0.29) is 24.1 Å². The van der Waals surface area contributed by atoms with Gasteiger partial charge in [-0.3, -0.25) is 4.79 Å². The van der Waals surface area contributed by atoms with Gasteiger partial charge in [-0.25, -0.2) is 13.2 Å². The van der Waals surface area contributed by atoms with E-state index in [4.69, 9.17) is 0 Å². The van der Waals surface area contributed by atoms with Crippen molar-refractivity contribution < 1.29 is 23.1 Å². The lowest BCUT2D eigenvalue weighted by atomic mass is 9.82. The summed E-state index contributed by atoms with van der Waals surface area (Å²) in [4.78, 5) is 25.6. The van der Waals surface area contributed by atoms with Crippen molar-refractivity contribution in [3.8, 4) is 0 Å². The van der Waals surface area contributed by atoms with E-state index in [0.29, 0.717) is 6.42 Å². The Balaban J connectivity index is 1.90. The molecule has 2 aliphatic rings. The maximum Gasteiger partial charge on any atom is 0.327 e. The first-order chi connectivity index (χ1) is 10.9. The highest BCUT2D eigenvalue weighted by Gasteiger charge is 2.41. The average molecular weight is 337 g/mol. The molecule has 7 heteroatoms. The summed E-state index contributed by atoms with van der Waals surface area (Å²) in [5, 5.41) is 9.33. The fourth-order valence-electron chi connectivity index (χ4n) is 3.49. The standard InChI is InChI=1S/C16H19NO5S/c18-15(13-7-3-5-11-4-1-2-6-12(11)13)17-8-9-23(21,22)10-14(17)16(19)20/h1-2,4,6,13-14H,3,5,7-10H2,(H,19,20). The number of aryl methyl sites for hydroxylation is 1. The number of rotatable bonds is 2. The summed E-state index contributed by atoms with van der Waals surface area (Å²) in [6.45, 7) is -0.0448. The maximum atomic E-state index is 12.9. The zero-order valence-electron chi connectivity index (χ0n) is 12.6. The Morgan fingerprint density at radius 1 is 1.22 bits per heavy atom. The molecule has 1 aliphatic carbocycles. The fourth-order valence-corrected chi connectivity index (χ4v) is 4.93. The van der Waals surface area contributed by atoms with Gasteiger partial charge < -0.3 is 10.0 Å². The Bertz CT molecular complexity index is 743. The number of carboxylic acid groups (broad SMARTS) is 1. The lowest BCUT2D eigenvalue weighted by molar-refractivity contribution is -0.150. The normalized spacial score (nSPS) is 26.3. The molecule has 2 unspecified atom stereocenters. The first-order valence-electron chi connectivity index (χ1n) is 7.70. The quantitative estimate of drug-likeness (QED) is 0.862. The molecule has 3 rings (SSSR count). The average Bonchev–Trinajstić information content (AvgIpc) is 2.53. The number of amides is 1. The Morgan fingerprint density at radius 3 is 2.70 bits per heavy atom. The van der Waals surface area contributed by atoms with Crippen LogP contribution in [0.5, 0.6) is 0 Å². The van der Waals surface area contributed by atoms with Crippen molar-refractivity contribution in [2.45, 2.75) is 31.2 Å². The Hall–Kier alpha value is -1.89. The minimum absolute atomic E-state index is 0.0448. The van der Waals surface area contributed by atoms with Crippen molar-refractivity contribution in [3.63, 3.8) is 0 Å². The number of carbonyl (C=O) groups is 2. The number of fused-ring (bicyclic) bond motifs is 1. The third-order valence-electron chi connectivity index (χ3n) is 4.67. The minimum Gasteiger partial charge on any atom is -0.480 e. The smallest absolute Gasteiger partial charge is 0.327 e. The van der Waals surface area contributed by atoms with Gasteiger partial charge in [-0.05, 0) is 30.4 Å². The number of nitrogens with zero attached hydrogens (tertiary/aromatic N) is 1. The van der Waals surface area contributed by atoms with Crippen LogP contribution in [0.25, 0.3) is 0 Å². The van der Waals surface area contributed by atoms with Gasteiger partial charge in [-0.1, -0.05) is 24.3 Å². The molecule has 1 aliphatic heterocycles. The highest BCUT2D eigenvalue weighted by Crippen LogP contribution is 2.33. The van der Waals surface area contributed by atoms with Crippen molar-refractivity contribution in [1.82, 2.24) is 4.90 Å². The van der Waals surface area contributed by atoms with Crippen molar-refractivity contribution >= 4 is 21.7 Å². The zero-order chi connectivity index (χ0) is 16.6. The number of benzene rings is 1. The van der Waals surface area contributed by atoms with Gasteiger partial charge in [-0.2, -0.15) is 0 Å². The molecule has 0 saturated carbocycles. The summed E-state index contributed by atoms with van der Waals surface area (Å²) in [5.41, 5.74) is 2.06. The summed E-state index contributed by atoms with van der Waals surface area (Å²) >= 11 is 0. The topological polar surface area (TPSA) is 91.8 Å². The third-order valence-corrected chi connectivity index (χ3v) is 6.30. The van der Waals surface area contributed by atoms with Gasteiger partial charge in [0, 0.05) is 6.54 Å². The summed E-state index contributed by atoms with van der Waals surface area (Å²) in [6, 6.07) is 6.42. The Labute approximate surface area is 135 Å². The molecule has 1 fully saturated rings. The van der Waals surface area contributed by atoms with E-state index in [1.807, 2.05) is 24.3 Å². The number of sulfone groups is 1. The maximum absolute atomic E-state index is 12.9. The molecular weight excluding hydrogens is 318 g/mol. The Kier molecular flexibility index (Phi) is 4.14. The molecule has 2 atom stereocenters. The molecule has 0 spiro atoms. The van der Waals surface area contributed by atoms with E-state index in [9.17, 15) is 23.1 Å². The first-order valence-corrected chi connectivity index (χ1v) is 9.53. The third kappa shape index (κ3) is 3.10. The molecule has 0 radical (unpaired) electrons. The van der Waals surface area contributed by atoms with Crippen LogP contribution in [0, 0.1) is 0 Å². The van der Waals surface area contributed by atoms with E-state index < -0.39 is 27.6 Å². The second-order valence-electron chi connectivity index (χ2n) is 6.14. The Morgan fingerprint density at radius 2 is 1.96 bits per heavy atom. The largest absolute Gasteiger partial charge is 0.480 e. The molecule has 124 valence electrons. The lowest BCUT2D eigenvalue weighted by Crippen LogP contribution is -2.56. The number of carbonyl (C=O) groups excluding carboxylic acids is 1. The van der Waals surface area contributed by atoms with Crippen LogP contribution >= 0.6 is 0 Å². The van der Waals surface area contributed by atoms with Gasteiger partial charge in [0.2, 0.25) is 5.91 Å². The molecule has 1 N–H and O–H groups in total. The second-order valence-corrected chi connectivity index (χ2v) is 8.37. The van der Waals surface area contributed by atoms with E-state index in [0.717, 1.165) is 24.0 Å². The molecule has 23 heavy (non-hydrogen) atoms. The van der Waals surface area contributed by atoms with Crippen LogP contribution in [-0.2, 0) is 25.8 Å². The van der Waals surface area contributed by atoms with Crippen molar-refractivity contribution in [2.75, 3.05) is 18.1 Å². The number of carboxylic acids is 1. The molecule has 1 heterocycles. The first kappa shape index (κ1) is 16.0. The number of hydrogen-bond acceptors (Lipinski definition) is 4. The van der Waals surface area contributed by atoms with Gasteiger partial charge in [0.05, 0.1) is 17.4 Å². The van der Waals surface area contributed by atoms with Crippen LogP contribution in [0.3, 0.4) is 0 Å². The van der Waals surface area contributed by atoms with Crippen LogP contribution in [0.1, 0.15) is 29.9 Å². The van der Waals surface area contributed by atoms with E-state index in [2.05, 4.69) is 0 Å². The molecule has 6 nitrogen and oxygen atoms in total. The summed E-state index contributed by atoms with van der Waals surface area (Å²) in [7, 11) is -3.41. The minimum atomic E-state index is -3.41. The monoisotopic (exact) mass is 337 g/mol.